The first-order valence-corrected chi connectivity index (χ1v) is 4.50. The van der Waals surface area contributed by atoms with E-state index in [-0.39, 0.29) is 6.17 Å². The Bertz CT molecular complexity index is 231. The van der Waals surface area contributed by atoms with Crippen molar-refractivity contribution in [3.63, 3.8) is 0 Å². The summed E-state index contributed by atoms with van der Waals surface area (Å²) in [6, 6.07) is 0. The third-order valence-electron chi connectivity index (χ3n) is 2.23. The Balaban J connectivity index is 2.40. The quantitative estimate of drug-likeness (QED) is 0.446. The van der Waals surface area contributed by atoms with Crippen molar-refractivity contribution in [2.45, 2.75) is 19.0 Å². The van der Waals surface area contributed by atoms with E-state index < -0.39 is 24.4 Å². The van der Waals surface area contributed by atoms with Crippen LogP contribution in [0.2, 0.25) is 0 Å². The molecule has 2 atom stereocenters. The molecule has 1 saturated heterocycles. The zero-order valence-electron chi connectivity index (χ0n) is 7.69. The zero-order valence-corrected chi connectivity index (χ0v) is 7.69. The van der Waals surface area contributed by atoms with E-state index in [1.165, 1.54) is 0 Å². The van der Waals surface area contributed by atoms with Crippen LogP contribution < -0.4 is 10.6 Å². The molecule has 0 saturated carbocycles. The number of piperidine rings is 1. The minimum absolute atomic E-state index is 0.343. The SMILES string of the molecule is O=C(CO)NC1CC(C(=O)O)CCN1. The molecule has 2 unspecified atom stereocenters. The lowest BCUT2D eigenvalue weighted by atomic mass is 9.96. The van der Waals surface area contributed by atoms with E-state index in [4.69, 9.17) is 10.2 Å². The molecule has 4 N–H and O–H groups in total. The van der Waals surface area contributed by atoms with Gasteiger partial charge in [-0.25, -0.2) is 0 Å². The molecule has 0 aromatic carbocycles. The highest BCUT2D eigenvalue weighted by molar-refractivity contribution is 5.77. The molecule has 0 aliphatic carbocycles. The first-order valence-electron chi connectivity index (χ1n) is 4.50. The van der Waals surface area contributed by atoms with E-state index >= 15 is 0 Å². The van der Waals surface area contributed by atoms with Crippen LogP contribution in [0.1, 0.15) is 12.8 Å². The van der Waals surface area contributed by atoms with Crippen LogP contribution in [0.25, 0.3) is 0 Å². The maximum Gasteiger partial charge on any atom is 0.306 e. The molecular weight excluding hydrogens is 188 g/mol. The third-order valence-corrected chi connectivity index (χ3v) is 2.23. The number of hydrogen-bond donors (Lipinski definition) is 4. The molecule has 0 radical (unpaired) electrons. The highest BCUT2D eigenvalue weighted by Gasteiger charge is 2.27. The maximum atomic E-state index is 10.8. The van der Waals surface area contributed by atoms with Crippen molar-refractivity contribution in [1.82, 2.24) is 10.6 Å². The van der Waals surface area contributed by atoms with Gasteiger partial charge in [0.15, 0.2) is 0 Å². The Morgan fingerprint density at radius 2 is 2.21 bits per heavy atom. The first kappa shape index (κ1) is 10.9. The lowest BCUT2D eigenvalue weighted by Gasteiger charge is -2.28. The molecule has 0 spiro atoms. The Hall–Kier alpha value is -1.14. The molecule has 14 heavy (non-hydrogen) atoms. The molecule has 1 aliphatic heterocycles. The second-order valence-corrected chi connectivity index (χ2v) is 3.29. The summed E-state index contributed by atoms with van der Waals surface area (Å²) in [4.78, 5) is 21.5. The van der Waals surface area contributed by atoms with Crippen molar-refractivity contribution in [3.8, 4) is 0 Å². The van der Waals surface area contributed by atoms with Crippen LogP contribution in [0.3, 0.4) is 0 Å². The van der Waals surface area contributed by atoms with E-state index in [0.717, 1.165) is 0 Å². The number of rotatable bonds is 3. The molecule has 1 aliphatic rings. The van der Waals surface area contributed by atoms with Gasteiger partial charge >= 0.3 is 5.97 Å². The molecule has 1 rings (SSSR count). The lowest BCUT2D eigenvalue weighted by Crippen LogP contribution is -2.51. The molecule has 6 nitrogen and oxygen atoms in total. The van der Waals surface area contributed by atoms with E-state index in [9.17, 15) is 9.59 Å². The Morgan fingerprint density at radius 1 is 1.50 bits per heavy atom. The average molecular weight is 202 g/mol. The fourth-order valence-corrected chi connectivity index (χ4v) is 1.49. The predicted molar refractivity (Wildman–Crippen MR) is 47.4 cm³/mol. The highest BCUT2D eigenvalue weighted by Crippen LogP contribution is 2.14. The highest BCUT2D eigenvalue weighted by atomic mass is 16.4. The molecule has 1 heterocycles. The van der Waals surface area contributed by atoms with E-state index in [1.54, 1.807) is 0 Å². The van der Waals surface area contributed by atoms with Crippen LogP contribution in [-0.2, 0) is 9.59 Å². The number of carboxylic acid groups (broad SMARTS) is 1. The normalized spacial score (nSPS) is 26.9. The van der Waals surface area contributed by atoms with Gasteiger partial charge in [-0.2, -0.15) is 0 Å². The number of aliphatic carboxylic acids is 1. The second-order valence-electron chi connectivity index (χ2n) is 3.29. The van der Waals surface area contributed by atoms with Crippen LogP contribution in [-0.4, -0.2) is 41.4 Å². The van der Waals surface area contributed by atoms with Crippen LogP contribution in [0.5, 0.6) is 0 Å². The van der Waals surface area contributed by atoms with Crippen LogP contribution >= 0.6 is 0 Å². The molecule has 0 aromatic rings. The molecule has 0 aromatic heterocycles. The summed E-state index contributed by atoms with van der Waals surface area (Å²) >= 11 is 0. The van der Waals surface area contributed by atoms with Crippen molar-refractivity contribution in [2.24, 2.45) is 5.92 Å². The number of hydrogen-bond acceptors (Lipinski definition) is 4. The van der Waals surface area contributed by atoms with Gasteiger partial charge in [0.2, 0.25) is 5.91 Å². The summed E-state index contributed by atoms with van der Waals surface area (Å²) in [6.07, 6.45) is 0.589. The summed E-state index contributed by atoms with van der Waals surface area (Å²) in [6.45, 7) is -0.0107. The summed E-state index contributed by atoms with van der Waals surface area (Å²) < 4.78 is 0. The number of carbonyl (C=O) groups is 2. The third kappa shape index (κ3) is 2.97. The monoisotopic (exact) mass is 202 g/mol. The standard InChI is InChI=1S/C8H14N2O4/c11-4-7(12)10-6-3-5(8(13)14)1-2-9-6/h5-6,9,11H,1-4H2,(H,10,12)(H,13,14). The van der Waals surface area contributed by atoms with Gasteiger partial charge in [0.1, 0.15) is 6.61 Å². The van der Waals surface area contributed by atoms with E-state index in [1.807, 2.05) is 0 Å². The van der Waals surface area contributed by atoms with Crippen molar-refractivity contribution in [1.29, 1.82) is 0 Å². The van der Waals surface area contributed by atoms with Crippen molar-refractivity contribution < 1.29 is 19.8 Å². The lowest BCUT2D eigenvalue weighted by molar-refractivity contribution is -0.143. The number of aliphatic hydroxyl groups excluding tert-OH is 1. The topological polar surface area (TPSA) is 98.7 Å². The van der Waals surface area contributed by atoms with Gasteiger partial charge in [-0.05, 0) is 19.4 Å². The molecule has 80 valence electrons. The van der Waals surface area contributed by atoms with Crippen LogP contribution in [0.4, 0.5) is 0 Å². The summed E-state index contributed by atoms with van der Waals surface area (Å²) in [5, 5.41) is 22.7. The summed E-state index contributed by atoms with van der Waals surface area (Å²) in [5.41, 5.74) is 0. The van der Waals surface area contributed by atoms with Gasteiger partial charge in [0, 0.05) is 0 Å². The first-order chi connectivity index (χ1) is 6.63. The maximum absolute atomic E-state index is 10.8. The van der Waals surface area contributed by atoms with E-state index in [0.29, 0.717) is 19.4 Å². The summed E-state index contributed by atoms with van der Waals surface area (Å²) in [7, 11) is 0. The van der Waals surface area contributed by atoms with Crippen molar-refractivity contribution in [2.75, 3.05) is 13.2 Å². The molecule has 1 amide bonds. The molecule has 1 fully saturated rings. The van der Waals surface area contributed by atoms with Gasteiger partial charge in [0.05, 0.1) is 12.1 Å². The van der Waals surface area contributed by atoms with Gasteiger partial charge in [-0.1, -0.05) is 0 Å². The Morgan fingerprint density at radius 3 is 2.79 bits per heavy atom. The number of aliphatic hydroxyl groups is 1. The van der Waals surface area contributed by atoms with Gasteiger partial charge in [-0.3, -0.25) is 14.9 Å². The number of amides is 1. The van der Waals surface area contributed by atoms with Crippen LogP contribution in [0, 0.1) is 5.92 Å². The number of nitrogens with one attached hydrogen (secondary N) is 2. The fourth-order valence-electron chi connectivity index (χ4n) is 1.49. The molecule has 0 bridgehead atoms. The Labute approximate surface area is 81.3 Å². The van der Waals surface area contributed by atoms with Crippen LogP contribution in [0.15, 0.2) is 0 Å². The van der Waals surface area contributed by atoms with Gasteiger partial charge in [0.25, 0.3) is 0 Å². The smallest absolute Gasteiger partial charge is 0.306 e. The van der Waals surface area contributed by atoms with Gasteiger partial charge < -0.3 is 15.5 Å². The minimum atomic E-state index is -0.838. The average Bonchev–Trinajstić information content (AvgIpc) is 2.18. The molecular formula is C8H14N2O4. The van der Waals surface area contributed by atoms with E-state index in [2.05, 4.69) is 10.6 Å². The Kier molecular flexibility index (Phi) is 3.84. The summed E-state index contributed by atoms with van der Waals surface area (Å²) in [5.74, 6) is -1.75. The van der Waals surface area contributed by atoms with Crippen molar-refractivity contribution in [3.05, 3.63) is 0 Å². The number of carbonyl (C=O) groups excluding carboxylic acids is 1. The number of carboxylic acids is 1. The fraction of sp³-hybridized carbons (Fsp3) is 0.750. The second kappa shape index (κ2) is 4.92. The van der Waals surface area contributed by atoms with Crippen molar-refractivity contribution >= 4 is 11.9 Å². The molecule has 6 heteroatoms. The zero-order chi connectivity index (χ0) is 10.6. The predicted octanol–water partition coefficient (Wildman–Crippen LogP) is -1.49. The minimum Gasteiger partial charge on any atom is -0.481 e. The van der Waals surface area contributed by atoms with Gasteiger partial charge in [-0.15, -0.1) is 0 Å². The largest absolute Gasteiger partial charge is 0.481 e.